The van der Waals surface area contributed by atoms with E-state index in [2.05, 4.69) is 20.2 Å². The standard InChI is InChI=1S/C14H17N5O4S/c20-14(19-8-6-15-7-9-19)13-18-17-12(23-13)10-16-24(21,22)11-4-2-1-3-5-11/h1-5,15-16H,6-10H2. The van der Waals surface area contributed by atoms with Gasteiger partial charge in [-0.25, -0.2) is 13.1 Å². The second-order valence-corrected chi connectivity index (χ2v) is 6.95. The molecule has 1 amide bonds. The van der Waals surface area contributed by atoms with Gasteiger partial charge in [0.25, 0.3) is 0 Å². The zero-order chi connectivity index (χ0) is 17.0. The van der Waals surface area contributed by atoms with Gasteiger partial charge in [-0.2, -0.15) is 0 Å². The van der Waals surface area contributed by atoms with E-state index in [0.29, 0.717) is 26.2 Å². The maximum absolute atomic E-state index is 12.2. The number of hydrogen-bond donors (Lipinski definition) is 2. The summed E-state index contributed by atoms with van der Waals surface area (Å²) in [5, 5.41) is 10.6. The maximum Gasteiger partial charge on any atom is 0.311 e. The number of piperazine rings is 1. The van der Waals surface area contributed by atoms with Crippen LogP contribution < -0.4 is 10.0 Å². The number of benzene rings is 1. The Bertz CT molecular complexity index is 800. The summed E-state index contributed by atoms with van der Waals surface area (Å²) in [6.07, 6.45) is 0. The number of rotatable bonds is 5. The average Bonchev–Trinajstić information content (AvgIpc) is 3.10. The molecule has 3 rings (SSSR count). The zero-order valence-electron chi connectivity index (χ0n) is 12.8. The summed E-state index contributed by atoms with van der Waals surface area (Å²) in [7, 11) is -3.67. The molecule has 2 N–H and O–H groups in total. The molecule has 9 nitrogen and oxygen atoms in total. The van der Waals surface area contributed by atoms with Crippen molar-refractivity contribution in [1.82, 2.24) is 25.1 Å². The minimum atomic E-state index is -3.67. The predicted molar refractivity (Wildman–Crippen MR) is 83.5 cm³/mol. The predicted octanol–water partition coefficient (Wildman–Crippen LogP) is -0.407. The number of carbonyl (C=O) groups excluding carboxylic acids is 1. The monoisotopic (exact) mass is 351 g/mol. The van der Waals surface area contributed by atoms with E-state index in [9.17, 15) is 13.2 Å². The Morgan fingerprint density at radius 2 is 1.92 bits per heavy atom. The van der Waals surface area contributed by atoms with Crippen molar-refractivity contribution in [3.8, 4) is 0 Å². The van der Waals surface area contributed by atoms with E-state index in [4.69, 9.17) is 4.42 Å². The molecule has 1 aliphatic rings. The van der Waals surface area contributed by atoms with E-state index >= 15 is 0 Å². The van der Waals surface area contributed by atoms with Gasteiger partial charge in [0.15, 0.2) is 0 Å². The van der Waals surface area contributed by atoms with Gasteiger partial charge in [-0.05, 0) is 12.1 Å². The molecule has 0 radical (unpaired) electrons. The van der Waals surface area contributed by atoms with Crippen LogP contribution >= 0.6 is 0 Å². The average molecular weight is 351 g/mol. The van der Waals surface area contributed by atoms with E-state index in [0.717, 1.165) is 0 Å². The number of nitrogens with one attached hydrogen (secondary N) is 2. The van der Waals surface area contributed by atoms with E-state index in [1.54, 1.807) is 23.1 Å². The molecule has 1 aliphatic heterocycles. The first-order chi connectivity index (χ1) is 11.6. The molecule has 1 fully saturated rings. The quantitative estimate of drug-likeness (QED) is 0.752. The Morgan fingerprint density at radius 1 is 1.21 bits per heavy atom. The Hall–Kier alpha value is -2.30. The van der Waals surface area contributed by atoms with Gasteiger partial charge in [0.2, 0.25) is 15.9 Å². The third-order valence-electron chi connectivity index (χ3n) is 3.52. The summed E-state index contributed by atoms with van der Waals surface area (Å²) >= 11 is 0. The van der Waals surface area contributed by atoms with Crippen molar-refractivity contribution in [3.63, 3.8) is 0 Å². The molecular formula is C14H17N5O4S. The van der Waals surface area contributed by atoms with Crippen molar-refractivity contribution >= 4 is 15.9 Å². The minimum Gasteiger partial charge on any atom is -0.415 e. The van der Waals surface area contributed by atoms with Gasteiger partial charge in [0.1, 0.15) is 0 Å². The van der Waals surface area contributed by atoms with Gasteiger partial charge in [-0.1, -0.05) is 18.2 Å². The number of sulfonamides is 1. The van der Waals surface area contributed by atoms with Crippen molar-refractivity contribution in [2.45, 2.75) is 11.4 Å². The lowest BCUT2D eigenvalue weighted by atomic mass is 10.3. The van der Waals surface area contributed by atoms with Crippen LogP contribution in [0.5, 0.6) is 0 Å². The van der Waals surface area contributed by atoms with Gasteiger partial charge in [0, 0.05) is 26.2 Å². The van der Waals surface area contributed by atoms with Crippen LogP contribution in [0.15, 0.2) is 39.6 Å². The van der Waals surface area contributed by atoms with Gasteiger partial charge < -0.3 is 14.6 Å². The molecule has 0 spiro atoms. The summed E-state index contributed by atoms with van der Waals surface area (Å²) in [6.45, 7) is 2.38. The van der Waals surface area contributed by atoms with E-state index in [1.807, 2.05) is 0 Å². The number of carbonyl (C=O) groups is 1. The lowest BCUT2D eigenvalue weighted by molar-refractivity contribution is 0.0693. The molecule has 0 bridgehead atoms. The van der Waals surface area contributed by atoms with Crippen molar-refractivity contribution < 1.29 is 17.6 Å². The zero-order valence-corrected chi connectivity index (χ0v) is 13.6. The molecule has 0 unspecified atom stereocenters. The van der Waals surface area contributed by atoms with Crippen molar-refractivity contribution in [2.75, 3.05) is 26.2 Å². The Balaban J connectivity index is 1.63. The Labute approximate surface area is 139 Å². The number of hydrogen-bond acceptors (Lipinski definition) is 7. The number of nitrogens with zero attached hydrogens (tertiary/aromatic N) is 3. The second kappa shape index (κ2) is 7.07. The molecule has 1 aromatic carbocycles. The van der Waals surface area contributed by atoms with Gasteiger partial charge in [0.05, 0.1) is 11.4 Å². The third-order valence-corrected chi connectivity index (χ3v) is 4.94. The minimum absolute atomic E-state index is 0.0352. The van der Waals surface area contributed by atoms with Crippen LogP contribution in [0.25, 0.3) is 0 Å². The first-order valence-electron chi connectivity index (χ1n) is 7.43. The summed E-state index contributed by atoms with van der Waals surface area (Å²) in [6, 6.07) is 7.95. The molecule has 0 aliphatic carbocycles. The summed E-state index contributed by atoms with van der Waals surface area (Å²) in [5.74, 6) is -0.444. The van der Waals surface area contributed by atoms with Crippen LogP contribution in [0, 0.1) is 0 Å². The SMILES string of the molecule is O=C(c1nnc(CNS(=O)(=O)c2ccccc2)o1)N1CCNCC1. The van der Waals surface area contributed by atoms with Crippen molar-refractivity contribution in [1.29, 1.82) is 0 Å². The molecule has 24 heavy (non-hydrogen) atoms. The normalized spacial score (nSPS) is 15.4. The first-order valence-corrected chi connectivity index (χ1v) is 8.92. The molecular weight excluding hydrogens is 334 g/mol. The van der Waals surface area contributed by atoms with Crippen LogP contribution in [-0.2, 0) is 16.6 Å². The summed E-state index contributed by atoms with van der Waals surface area (Å²) < 4.78 is 31.9. The van der Waals surface area contributed by atoms with E-state index in [-0.39, 0.29) is 29.1 Å². The van der Waals surface area contributed by atoms with Crippen LogP contribution in [0.3, 0.4) is 0 Å². The highest BCUT2D eigenvalue weighted by Gasteiger charge is 2.23. The Morgan fingerprint density at radius 3 is 2.62 bits per heavy atom. The van der Waals surface area contributed by atoms with E-state index < -0.39 is 10.0 Å². The van der Waals surface area contributed by atoms with Crippen LogP contribution in [0.2, 0.25) is 0 Å². The van der Waals surface area contributed by atoms with Crippen molar-refractivity contribution in [2.24, 2.45) is 0 Å². The number of aromatic nitrogens is 2. The molecule has 0 atom stereocenters. The van der Waals surface area contributed by atoms with E-state index in [1.165, 1.54) is 12.1 Å². The van der Waals surface area contributed by atoms with Crippen LogP contribution in [-0.4, -0.2) is 55.6 Å². The fourth-order valence-electron chi connectivity index (χ4n) is 2.25. The summed E-state index contributed by atoms with van der Waals surface area (Å²) in [5.41, 5.74) is 0. The molecule has 2 aromatic rings. The van der Waals surface area contributed by atoms with Gasteiger partial charge in [-0.15, -0.1) is 10.2 Å². The molecule has 128 valence electrons. The van der Waals surface area contributed by atoms with Crippen LogP contribution in [0.1, 0.15) is 16.6 Å². The van der Waals surface area contributed by atoms with Crippen LogP contribution in [0.4, 0.5) is 0 Å². The summed E-state index contributed by atoms with van der Waals surface area (Å²) in [4.78, 5) is 14.0. The maximum atomic E-state index is 12.2. The highest BCUT2D eigenvalue weighted by Crippen LogP contribution is 2.09. The fraction of sp³-hybridized carbons (Fsp3) is 0.357. The van der Waals surface area contributed by atoms with Crippen molar-refractivity contribution in [3.05, 3.63) is 42.1 Å². The topological polar surface area (TPSA) is 117 Å². The highest BCUT2D eigenvalue weighted by atomic mass is 32.2. The first kappa shape index (κ1) is 16.6. The fourth-order valence-corrected chi connectivity index (χ4v) is 3.25. The molecule has 2 heterocycles. The lowest BCUT2D eigenvalue weighted by Crippen LogP contribution is -2.46. The molecule has 10 heteroatoms. The Kier molecular flexibility index (Phi) is 4.88. The lowest BCUT2D eigenvalue weighted by Gasteiger charge is -2.25. The second-order valence-electron chi connectivity index (χ2n) is 5.18. The van der Waals surface area contributed by atoms with Gasteiger partial charge >= 0.3 is 11.8 Å². The molecule has 1 aromatic heterocycles. The molecule has 0 saturated carbocycles. The highest BCUT2D eigenvalue weighted by molar-refractivity contribution is 7.89. The third kappa shape index (κ3) is 3.78. The molecule has 1 saturated heterocycles. The number of amides is 1. The van der Waals surface area contributed by atoms with Gasteiger partial charge in [-0.3, -0.25) is 4.79 Å². The smallest absolute Gasteiger partial charge is 0.311 e. The largest absolute Gasteiger partial charge is 0.415 e.